The Labute approximate surface area is 170 Å². The van der Waals surface area contributed by atoms with Gasteiger partial charge in [-0.25, -0.2) is 0 Å². The van der Waals surface area contributed by atoms with Crippen molar-refractivity contribution in [3.8, 4) is 5.75 Å². The van der Waals surface area contributed by atoms with Crippen molar-refractivity contribution in [2.24, 2.45) is 0 Å². The Morgan fingerprint density at radius 1 is 1.07 bits per heavy atom. The number of anilines is 1. The molecule has 0 spiro atoms. The average Bonchev–Trinajstić information content (AvgIpc) is 3.24. The third-order valence-electron chi connectivity index (χ3n) is 5.58. The number of carbonyl (C=O) groups excluding carboxylic acids is 2. The molecule has 5 heteroatoms. The number of hydrogen-bond donors (Lipinski definition) is 2. The Balaban J connectivity index is 1.55. The van der Waals surface area contributed by atoms with E-state index in [-0.39, 0.29) is 23.1 Å². The third kappa shape index (κ3) is 3.68. The molecule has 0 bridgehead atoms. The number of nitrogens with one attached hydrogen (secondary N) is 1. The molecule has 0 radical (unpaired) electrons. The normalized spacial score (nSPS) is 16.2. The number of aromatic hydroxyl groups is 1. The molecule has 3 aromatic rings. The molecule has 148 valence electrons. The highest BCUT2D eigenvalue weighted by Crippen LogP contribution is 2.31. The van der Waals surface area contributed by atoms with E-state index in [4.69, 9.17) is 0 Å². The minimum atomic E-state index is -0.542. The molecular formula is C24H24N2O3. The van der Waals surface area contributed by atoms with Gasteiger partial charge in [0.1, 0.15) is 11.8 Å². The van der Waals surface area contributed by atoms with Crippen LogP contribution >= 0.6 is 0 Å². The highest BCUT2D eigenvalue weighted by atomic mass is 16.3. The minimum absolute atomic E-state index is 0.0330. The number of phenols is 1. The van der Waals surface area contributed by atoms with Crippen LogP contribution in [0.3, 0.4) is 0 Å². The number of fused-ring (bicyclic) bond motifs is 1. The lowest BCUT2D eigenvalue weighted by Gasteiger charge is -2.24. The zero-order chi connectivity index (χ0) is 20.4. The molecule has 1 aliphatic rings. The first-order valence-electron chi connectivity index (χ1n) is 10.00. The third-order valence-corrected chi connectivity index (χ3v) is 5.58. The van der Waals surface area contributed by atoms with Crippen LogP contribution in [0.25, 0.3) is 10.8 Å². The summed E-state index contributed by atoms with van der Waals surface area (Å²) in [5, 5.41) is 15.1. The highest BCUT2D eigenvalue weighted by molar-refractivity contribution is 6.06. The van der Waals surface area contributed by atoms with Crippen molar-refractivity contribution in [2.75, 3.05) is 11.9 Å². The number of likely N-dealkylation sites (tertiary alicyclic amines) is 1. The molecule has 1 saturated heterocycles. The van der Waals surface area contributed by atoms with E-state index in [1.807, 2.05) is 48.5 Å². The van der Waals surface area contributed by atoms with Gasteiger partial charge in [0, 0.05) is 17.6 Å². The zero-order valence-corrected chi connectivity index (χ0v) is 16.4. The fourth-order valence-corrected chi connectivity index (χ4v) is 3.91. The second-order valence-corrected chi connectivity index (χ2v) is 7.38. The number of hydrogen-bond acceptors (Lipinski definition) is 3. The van der Waals surface area contributed by atoms with E-state index in [1.54, 1.807) is 17.0 Å². The van der Waals surface area contributed by atoms with Gasteiger partial charge in [-0.2, -0.15) is 0 Å². The minimum Gasteiger partial charge on any atom is -0.506 e. The Bertz CT molecular complexity index is 1060. The molecule has 1 aliphatic heterocycles. The molecule has 1 atom stereocenters. The maximum absolute atomic E-state index is 13.1. The lowest BCUT2D eigenvalue weighted by atomic mass is 10.0. The van der Waals surface area contributed by atoms with Crippen LogP contribution in [0, 0.1) is 0 Å². The first-order valence-corrected chi connectivity index (χ1v) is 10.00. The van der Waals surface area contributed by atoms with E-state index in [2.05, 4.69) is 12.2 Å². The SMILES string of the molecule is CCc1ccc(NC(=O)[C@H]2CCCN2C(=O)c2ccc3ccccc3c2O)cc1. The van der Waals surface area contributed by atoms with Crippen molar-refractivity contribution in [1.29, 1.82) is 0 Å². The van der Waals surface area contributed by atoms with Gasteiger partial charge in [0.15, 0.2) is 0 Å². The summed E-state index contributed by atoms with van der Waals surface area (Å²) in [7, 11) is 0. The summed E-state index contributed by atoms with van der Waals surface area (Å²) in [5.74, 6) is -0.540. The van der Waals surface area contributed by atoms with E-state index in [0.717, 1.165) is 23.9 Å². The van der Waals surface area contributed by atoms with Gasteiger partial charge in [-0.05, 0) is 48.4 Å². The van der Waals surface area contributed by atoms with Crippen LogP contribution in [0.1, 0.15) is 35.7 Å². The Hall–Kier alpha value is -3.34. The van der Waals surface area contributed by atoms with E-state index in [0.29, 0.717) is 18.4 Å². The van der Waals surface area contributed by atoms with Gasteiger partial charge in [0.2, 0.25) is 5.91 Å². The summed E-state index contributed by atoms with van der Waals surface area (Å²) in [5.41, 5.74) is 2.16. The molecule has 0 saturated carbocycles. The Morgan fingerprint density at radius 3 is 2.59 bits per heavy atom. The number of benzene rings is 3. The van der Waals surface area contributed by atoms with Crippen molar-refractivity contribution < 1.29 is 14.7 Å². The smallest absolute Gasteiger partial charge is 0.258 e. The summed E-state index contributed by atoms with van der Waals surface area (Å²) in [4.78, 5) is 27.6. The van der Waals surface area contributed by atoms with Gasteiger partial charge in [0.25, 0.3) is 5.91 Å². The standard InChI is InChI=1S/C24H24N2O3/c1-2-16-9-12-18(13-10-16)25-23(28)21-8-5-15-26(21)24(29)20-14-11-17-6-3-4-7-19(17)22(20)27/h3-4,6-7,9-14,21,27H,2,5,8,15H2,1H3,(H,25,28)/t21-/m1/s1. The van der Waals surface area contributed by atoms with Crippen LogP contribution in [0.15, 0.2) is 60.7 Å². The summed E-state index contributed by atoms with van der Waals surface area (Å²) in [6.45, 7) is 2.58. The molecule has 1 heterocycles. The van der Waals surface area contributed by atoms with Crippen molar-refractivity contribution >= 4 is 28.3 Å². The topological polar surface area (TPSA) is 69.6 Å². The fraction of sp³-hybridized carbons (Fsp3) is 0.250. The van der Waals surface area contributed by atoms with Crippen LogP contribution in [-0.4, -0.2) is 34.4 Å². The van der Waals surface area contributed by atoms with Gasteiger partial charge in [-0.1, -0.05) is 49.4 Å². The molecule has 0 unspecified atom stereocenters. The molecule has 2 N–H and O–H groups in total. The van der Waals surface area contributed by atoms with Crippen molar-refractivity contribution in [3.05, 3.63) is 71.8 Å². The number of phenolic OH excluding ortho intramolecular Hbond substituents is 1. The number of nitrogens with zero attached hydrogens (tertiary/aromatic N) is 1. The predicted octanol–water partition coefficient (Wildman–Crippen LogP) is 4.35. The Morgan fingerprint density at radius 2 is 1.83 bits per heavy atom. The van der Waals surface area contributed by atoms with E-state index < -0.39 is 6.04 Å². The second-order valence-electron chi connectivity index (χ2n) is 7.38. The van der Waals surface area contributed by atoms with Gasteiger partial charge >= 0.3 is 0 Å². The van der Waals surface area contributed by atoms with Crippen molar-refractivity contribution in [2.45, 2.75) is 32.2 Å². The lowest BCUT2D eigenvalue weighted by Crippen LogP contribution is -2.43. The van der Waals surface area contributed by atoms with Gasteiger partial charge in [-0.3, -0.25) is 9.59 Å². The molecule has 5 nitrogen and oxygen atoms in total. The van der Waals surface area contributed by atoms with Crippen LogP contribution in [0.4, 0.5) is 5.69 Å². The summed E-state index contributed by atoms with van der Waals surface area (Å²) in [6, 6.07) is 18.0. The summed E-state index contributed by atoms with van der Waals surface area (Å²) in [6.07, 6.45) is 2.31. The average molecular weight is 388 g/mol. The summed E-state index contributed by atoms with van der Waals surface area (Å²) >= 11 is 0. The number of carbonyl (C=O) groups is 2. The molecule has 2 amide bonds. The first-order chi connectivity index (χ1) is 14.1. The molecule has 0 aliphatic carbocycles. The Kier molecular flexibility index (Phi) is 5.21. The zero-order valence-electron chi connectivity index (χ0n) is 16.4. The van der Waals surface area contributed by atoms with Crippen LogP contribution in [-0.2, 0) is 11.2 Å². The van der Waals surface area contributed by atoms with Crippen LogP contribution in [0.2, 0.25) is 0 Å². The monoisotopic (exact) mass is 388 g/mol. The van der Waals surface area contributed by atoms with Gasteiger partial charge < -0.3 is 15.3 Å². The second kappa shape index (κ2) is 7.95. The molecule has 29 heavy (non-hydrogen) atoms. The van der Waals surface area contributed by atoms with E-state index >= 15 is 0 Å². The highest BCUT2D eigenvalue weighted by Gasteiger charge is 2.35. The molecule has 3 aromatic carbocycles. The fourth-order valence-electron chi connectivity index (χ4n) is 3.91. The van der Waals surface area contributed by atoms with Gasteiger partial charge in [-0.15, -0.1) is 0 Å². The molecule has 0 aromatic heterocycles. The summed E-state index contributed by atoms with van der Waals surface area (Å²) < 4.78 is 0. The van der Waals surface area contributed by atoms with Crippen molar-refractivity contribution in [3.63, 3.8) is 0 Å². The van der Waals surface area contributed by atoms with Gasteiger partial charge in [0.05, 0.1) is 5.56 Å². The lowest BCUT2D eigenvalue weighted by molar-refractivity contribution is -0.119. The maximum atomic E-state index is 13.1. The van der Waals surface area contributed by atoms with Crippen LogP contribution in [0.5, 0.6) is 5.75 Å². The quantitative estimate of drug-likeness (QED) is 0.698. The number of aryl methyl sites for hydroxylation is 1. The maximum Gasteiger partial charge on any atom is 0.258 e. The first kappa shape index (κ1) is 19.0. The van der Waals surface area contributed by atoms with Crippen molar-refractivity contribution in [1.82, 2.24) is 4.90 Å². The van der Waals surface area contributed by atoms with E-state index in [1.165, 1.54) is 5.56 Å². The number of rotatable bonds is 4. The number of amides is 2. The molecule has 1 fully saturated rings. The molecule has 4 rings (SSSR count). The van der Waals surface area contributed by atoms with Crippen LogP contribution < -0.4 is 5.32 Å². The predicted molar refractivity (Wildman–Crippen MR) is 114 cm³/mol. The van der Waals surface area contributed by atoms with E-state index in [9.17, 15) is 14.7 Å². The molecular weight excluding hydrogens is 364 g/mol. The largest absolute Gasteiger partial charge is 0.506 e.